The zero-order valence-corrected chi connectivity index (χ0v) is 11.2. The van der Waals surface area contributed by atoms with Gasteiger partial charge in [0.1, 0.15) is 0 Å². The van der Waals surface area contributed by atoms with E-state index >= 15 is 0 Å². The van der Waals surface area contributed by atoms with Gasteiger partial charge in [0, 0.05) is 26.3 Å². The van der Waals surface area contributed by atoms with E-state index in [4.69, 9.17) is 4.74 Å². The third-order valence-corrected chi connectivity index (χ3v) is 3.25. The minimum absolute atomic E-state index is 0.00843. The minimum Gasteiger partial charge on any atom is -0.479 e. The lowest BCUT2D eigenvalue weighted by molar-refractivity contribution is -0.144. The first-order valence-electron chi connectivity index (χ1n) is 6.28. The molecule has 2 heterocycles. The molecule has 108 valence electrons. The van der Waals surface area contributed by atoms with Crippen LogP contribution in [0.1, 0.15) is 12.1 Å². The molecule has 2 N–H and O–H groups in total. The smallest absolute Gasteiger partial charge is 0.332 e. The Morgan fingerprint density at radius 3 is 2.90 bits per heavy atom. The molecule has 7 nitrogen and oxygen atoms in total. The van der Waals surface area contributed by atoms with Gasteiger partial charge in [0.05, 0.1) is 18.8 Å². The number of ether oxygens (including phenoxy) is 1. The van der Waals surface area contributed by atoms with E-state index in [0.29, 0.717) is 13.2 Å². The number of aromatic nitrogens is 1. The number of aliphatic carboxylic acids is 1. The van der Waals surface area contributed by atoms with Crippen LogP contribution in [0.5, 0.6) is 0 Å². The van der Waals surface area contributed by atoms with Crippen molar-refractivity contribution in [2.75, 3.05) is 20.3 Å². The highest BCUT2D eigenvalue weighted by Gasteiger charge is 2.44. The molecule has 0 aromatic carbocycles. The molecular weight excluding hydrogens is 262 g/mol. The Kier molecular flexibility index (Phi) is 4.19. The van der Waals surface area contributed by atoms with Gasteiger partial charge in [0.2, 0.25) is 0 Å². The Labute approximate surface area is 116 Å². The number of nitrogens with one attached hydrogen (secondary N) is 1. The molecule has 2 rings (SSSR count). The summed E-state index contributed by atoms with van der Waals surface area (Å²) < 4.78 is 5.09. The topological polar surface area (TPSA) is 91.8 Å². The van der Waals surface area contributed by atoms with E-state index in [2.05, 4.69) is 10.3 Å². The van der Waals surface area contributed by atoms with Gasteiger partial charge in [-0.3, -0.25) is 4.98 Å². The first-order chi connectivity index (χ1) is 9.53. The van der Waals surface area contributed by atoms with Crippen molar-refractivity contribution < 1.29 is 19.4 Å². The highest BCUT2D eigenvalue weighted by Crippen LogP contribution is 2.19. The molecule has 1 atom stereocenters. The molecular formula is C13H17N3O4. The van der Waals surface area contributed by atoms with Gasteiger partial charge in [-0.15, -0.1) is 0 Å². The molecule has 1 saturated heterocycles. The van der Waals surface area contributed by atoms with Gasteiger partial charge >= 0.3 is 12.0 Å². The van der Waals surface area contributed by atoms with E-state index in [1.54, 1.807) is 25.4 Å². The van der Waals surface area contributed by atoms with Gasteiger partial charge in [0.15, 0.2) is 5.54 Å². The molecule has 0 spiro atoms. The zero-order valence-electron chi connectivity index (χ0n) is 11.2. The molecule has 0 aliphatic carbocycles. The third-order valence-electron chi connectivity index (χ3n) is 3.25. The Morgan fingerprint density at radius 1 is 1.55 bits per heavy atom. The van der Waals surface area contributed by atoms with Crippen LogP contribution in [0.15, 0.2) is 24.4 Å². The fourth-order valence-corrected chi connectivity index (χ4v) is 1.99. The van der Waals surface area contributed by atoms with Crippen LogP contribution in [-0.4, -0.2) is 52.8 Å². The molecule has 1 fully saturated rings. The van der Waals surface area contributed by atoms with Crippen LogP contribution >= 0.6 is 0 Å². The second-order valence-electron chi connectivity index (χ2n) is 4.80. The van der Waals surface area contributed by atoms with E-state index in [1.165, 1.54) is 4.90 Å². The summed E-state index contributed by atoms with van der Waals surface area (Å²) in [6.45, 7) is 0.630. The van der Waals surface area contributed by atoms with Crippen LogP contribution in [0.2, 0.25) is 0 Å². The summed E-state index contributed by atoms with van der Waals surface area (Å²) >= 11 is 0. The standard InChI is InChI=1S/C13H17N3O4/c1-16(8-10-4-2-3-6-14-10)12(19)15-13(11(17)18)5-7-20-9-13/h2-4,6H,5,7-9H2,1H3,(H,15,19)(H,17,18). The zero-order chi connectivity index (χ0) is 14.6. The van der Waals surface area contributed by atoms with Crippen LogP contribution in [0.3, 0.4) is 0 Å². The van der Waals surface area contributed by atoms with E-state index in [1.807, 2.05) is 6.07 Å². The van der Waals surface area contributed by atoms with Crippen molar-refractivity contribution in [2.45, 2.75) is 18.5 Å². The molecule has 1 aromatic rings. The van der Waals surface area contributed by atoms with Crippen molar-refractivity contribution in [3.8, 4) is 0 Å². The number of hydrogen-bond acceptors (Lipinski definition) is 4. The molecule has 1 aliphatic rings. The van der Waals surface area contributed by atoms with E-state index in [9.17, 15) is 14.7 Å². The van der Waals surface area contributed by atoms with Crippen LogP contribution in [-0.2, 0) is 16.1 Å². The predicted molar refractivity (Wildman–Crippen MR) is 70.0 cm³/mol. The summed E-state index contributed by atoms with van der Waals surface area (Å²) in [5.74, 6) is -1.07. The van der Waals surface area contributed by atoms with Crippen LogP contribution in [0.4, 0.5) is 4.79 Å². The van der Waals surface area contributed by atoms with Crippen molar-refractivity contribution in [2.24, 2.45) is 0 Å². The van der Waals surface area contributed by atoms with Crippen molar-refractivity contribution in [3.63, 3.8) is 0 Å². The first-order valence-corrected chi connectivity index (χ1v) is 6.28. The summed E-state index contributed by atoms with van der Waals surface area (Å²) in [6.07, 6.45) is 1.91. The van der Waals surface area contributed by atoms with Crippen molar-refractivity contribution >= 4 is 12.0 Å². The molecule has 0 bridgehead atoms. The summed E-state index contributed by atoms with van der Waals surface area (Å²) in [5.41, 5.74) is -0.590. The fourth-order valence-electron chi connectivity index (χ4n) is 1.99. The number of carboxylic acids is 1. The molecule has 0 radical (unpaired) electrons. The summed E-state index contributed by atoms with van der Waals surface area (Å²) in [6, 6.07) is 4.97. The van der Waals surface area contributed by atoms with Crippen molar-refractivity contribution in [3.05, 3.63) is 30.1 Å². The van der Waals surface area contributed by atoms with Gasteiger partial charge < -0.3 is 20.1 Å². The monoisotopic (exact) mass is 279 g/mol. The maximum atomic E-state index is 12.1. The Hall–Kier alpha value is -2.15. The average molecular weight is 279 g/mol. The molecule has 0 saturated carbocycles. The lowest BCUT2D eigenvalue weighted by Gasteiger charge is -2.27. The Morgan fingerprint density at radius 2 is 2.35 bits per heavy atom. The number of carbonyl (C=O) groups is 2. The lowest BCUT2D eigenvalue weighted by Crippen LogP contribution is -2.57. The number of urea groups is 1. The van der Waals surface area contributed by atoms with Gasteiger partial charge in [-0.1, -0.05) is 6.07 Å². The highest BCUT2D eigenvalue weighted by atomic mass is 16.5. The Bertz CT molecular complexity index is 486. The van der Waals surface area contributed by atoms with E-state index < -0.39 is 17.5 Å². The minimum atomic E-state index is -1.32. The van der Waals surface area contributed by atoms with Crippen LogP contribution < -0.4 is 5.32 Å². The number of carbonyl (C=O) groups excluding carboxylic acids is 1. The SMILES string of the molecule is CN(Cc1ccccn1)C(=O)NC1(C(=O)O)CCOC1. The van der Waals surface area contributed by atoms with Gasteiger partial charge in [0.25, 0.3) is 0 Å². The fraction of sp³-hybridized carbons (Fsp3) is 0.462. The maximum Gasteiger partial charge on any atom is 0.332 e. The summed E-state index contributed by atoms with van der Waals surface area (Å²) in [5, 5.41) is 11.8. The number of carboxylic acid groups (broad SMARTS) is 1. The molecule has 20 heavy (non-hydrogen) atoms. The second kappa shape index (κ2) is 5.87. The highest BCUT2D eigenvalue weighted by molar-refractivity contribution is 5.86. The quantitative estimate of drug-likeness (QED) is 0.835. The third kappa shape index (κ3) is 3.05. The largest absolute Gasteiger partial charge is 0.479 e. The van der Waals surface area contributed by atoms with Gasteiger partial charge in [-0.25, -0.2) is 9.59 Å². The van der Waals surface area contributed by atoms with Crippen LogP contribution in [0, 0.1) is 0 Å². The number of amides is 2. The Balaban J connectivity index is 1.98. The second-order valence-corrected chi connectivity index (χ2v) is 4.80. The average Bonchev–Trinajstić information content (AvgIpc) is 2.89. The molecule has 1 aromatic heterocycles. The maximum absolute atomic E-state index is 12.1. The summed E-state index contributed by atoms with van der Waals surface area (Å²) in [4.78, 5) is 28.9. The van der Waals surface area contributed by atoms with Crippen molar-refractivity contribution in [1.82, 2.24) is 15.2 Å². The van der Waals surface area contributed by atoms with Gasteiger partial charge in [-0.2, -0.15) is 0 Å². The van der Waals surface area contributed by atoms with Gasteiger partial charge in [-0.05, 0) is 12.1 Å². The number of hydrogen-bond donors (Lipinski definition) is 2. The number of pyridine rings is 1. The van der Waals surface area contributed by atoms with Crippen molar-refractivity contribution in [1.29, 1.82) is 0 Å². The number of rotatable bonds is 4. The van der Waals surface area contributed by atoms with E-state index in [-0.39, 0.29) is 13.0 Å². The molecule has 7 heteroatoms. The normalized spacial score (nSPS) is 21.4. The summed E-state index contributed by atoms with van der Waals surface area (Å²) in [7, 11) is 1.59. The lowest BCUT2D eigenvalue weighted by atomic mass is 9.99. The first kappa shape index (κ1) is 14.3. The number of nitrogens with zero attached hydrogens (tertiary/aromatic N) is 2. The molecule has 2 amide bonds. The molecule has 1 unspecified atom stereocenters. The van der Waals surface area contributed by atoms with E-state index in [0.717, 1.165) is 5.69 Å². The predicted octanol–water partition coefficient (Wildman–Crippen LogP) is 0.467. The van der Waals surface area contributed by atoms with Crippen LogP contribution in [0.25, 0.3) is 0 Å². The molecule has 1 aliphatic heterocycles.